The third-order valence-electron chi connectivity index (χ3n) is 3.52. The number of carbonyl (C=O) groups excluding carboxylic acids is 1. The molecule has 2 atom stereocenters. The second-order valence-corrected chi connectivity index (χ2v) is 5.08. The van der Waals surface area contributed by atoms with Crippen LogP contribution in [-0.4, -0.2) is 36.2 Å². The predicted molar refractivity (Wildman–Crippen MR) is 74.8 cm³/mol. The van der Waals surface area contributed by atoms with Crippen molar-refractivity contribution in [1.82, 2.24) is 10.6 Å². The minimum atomic E-state index is -0.210. The van der Waals surface area contributed by atoms with Crippen LogP contribution in [0.3, 0.4) is 0 Å². The maximum Gasteiger partial charge on any atom is 0.237 e. The van der Waals surface area contributed by atoms with Gasteiger partial charge in [-0.15, -0.1) is 0 Å². The van der Waals surface area contributed by atoms with E-state index < -0.39 is 0 Å². The summed E-state index contributed by atoms with van der Waals surface area (Å²) >= 11 is 0. The number of aliphatic hydroxyl groups excluding tert-OH is 1. The Kier molecular flexibility index (Phi) is 5.36. The van der Waals surface area contributed by atoms with Crippen LogP contribution in [0.1, 0.15) is 24.8 Å². The highest BCUT2D eigenvalue weighted by Crippen LogP contribution is 2.08. The monoisotopic (exact) mass is 262 g/mol. The zero-order chi connectivity index (χ0) is 13.5. The molecule has 0 aromatic heterocycles. The molecule has 1 aliphatic rings. The SMILES string of the molecule is O=C(NC(CO)Cc1ccccc1)[C@@H]1CCCCN1. The molecule has 3 N–H and O–H groups in total. The van der Waals surface area contributed by atoms with Crippen LogP contribution >= 0.6 is 0 Å². The average Bonchev–Trinajstić information content (AvgIpc) is 2.48. The first-order chi connectivity index (χ1) is 9.29. The van der Waals surface area contributed by atoms with Crippen LogP contribution in [0.4, 0.5) is 0 Å². The molecule has 1 aromatic carbocycles. The number of rotatable bonds is 5. The van der Waals surface area contributed by atoms with Crippen molar-refractivity contribution in [1.29, 1.82) is 0 Å². The summed E-state index contributed by atoms with van der Waals surface area (Å²) < 4.78 is 0. The number of piperidine rings is 1. The van der Waals surface area contributed by atoms with Gasteiger partial charge in [-0.1, -0.05) is 36.8 Å². The lowest BCUT2D eigenvalue weighted by Gasteiger charge is -2.25. The van der Waals surface area contributed by atoms with E-state index in [0.29, 0.717) is 6.42 Å². The van der Waals surface area contributed by atoms with Crippen LogP contribution in [0.2, 0.25) is 0 Å². The minimum Gasteiger partial charge on any atom is -0.394 e. The van der Waals surface area contributed by atoms with Crippen LogP contribution in [-0.2, 0) is 11.2 Å². The summed E-state index contributed by atoms with van der Waals surface area (Å²) in [6, 6.07) is 9.60. The molecule has 19 heavy (non-hydrogen) atoms. The molecule has 1 heterocycles. The number of carbonyl (C=O) groups is 1. The van der Waals surface area contributed by atoms with Crippen LogP contribution in [0.15, 0.2) is 30.3 Å². The van der Waals surface area contributed by atoms with Crippen molar-refractivity contribution >= 4 is 5.91 Å². The Labute approximate surface area is 114 Å². The zero-order valence-corrected chi connectivity index (χ0v) is 11.1. The highest BCUT2D eigenvalue weighted by atomic mass is 16.3. The lowest BCUT2D eigenvalue weighted by atomic mass is 10.0. The van der Waals surface area contributed by atoms with Crippen molar-refractivity contribution in [3.05, 3.63) is 35.9 Å². The molecule has 1 aliphatic heterocycles. The van der Waals surface area contributed by atoms with Gasteiger partial charge in [-0.25, -0.2) is 0 Å². The first-order valence-corrected chi connectivity index (χ1v) is 6.98. The van der Waals surface area contributed by atoms with Crippen molar-refractivity contribution in [3.63, 3.8) is 0 Å². The molecule has 1 fully saturated rings. The normalized spacial score (nSPS) is 20.8. The Morgan fingerprint density at radius 2 is 2.16 bits per heavy atom. The number of hydrogen-bond donors (Lipinski definition) is 3. The summed E-state index contributed by atoms with van der Waals surface area (Å²) in [7, 11) is 0. The molecule has 4 nitrogen and oxygen atoms in total. The van der Waals surface area contributed by atoms with E-state index in [9.17, 15) is 9.90 Å². The standard InChI is InChI=1S/C15H22N2O2/c18-11-13(10-12-6-2-1-3-7-12)17-15(19)14-8-4-5-9-16-14/h1-3,6-7,13-14,16,18H,4-5,8-11H2,(H,17,19)/t13?,14-/m0/s1. The van der Waals surface area contributed by atoms with E-state index in [4.69, 9.17) is 0 Å². The van der Waals surface area contributed by atoms with Gasteiger partial charge in [0.25, 0.3) is 0 Å². The van der Waals surface area contributed by atoms with Gasteiger partial charge in [-0.3, -0.25) is 4.79 Å². The fraction of sp³-hybridized carbons (Fsp3) is 0.533. The summed E-state index contributed by atoms with van der Waals surface area (Å²) in [5.74, 6) is 0.00896. The topological polar surface area (TPSA) is 61.4 Å². The smallest absolute Gasteiger partial charge is 0.237 e. The first-order valence-electron chi connectivity index (χ1n) is 6.98. The van der Waals surface area contributed by atoms with Gasteiger partial charge in [0.2, 0.25) is 5.91 Å². The van der Waals surface area contributed by atoms with Gasteiger partial charge in [0.05, 0.1) is 18.7 Å². The molecule has 0 radical (unpaired) electrons. The van der Waals surface area contributed by atoms with E-state index in [2.05, 4.69) is 10.6 Å². The third kappa shape index (κ3) is 4.33. The number of hydrogen-bond acceptors (Lipinski definition) is 3. The number of benzene rings is 1. The van der Waals surface area contributed by atoms with Gasteiger partial charge >= 0.3 is 0 Å². The van der Waals surface area contributed by atoms with Crippen molar-refractivity contribution in [2.24, 2.45) is 0 Å². The summed E-state index contributed by atoms with van der Waals surface area (Å²) in [4.78, 5) is 12.1. The molecule has 2 rings (SSSR count). The van der Waals surface area contributed by atoms with E-state index in [0.717, 1.165) is 31.4 Å². The third-order valence-corrected chi connectivity index (χ3v) is 3.52. The summed E-state index contributed by atoms with van der Waals surface area (Å²) in [5, 5.41) is 15.6. The largest absolute Gasteiger partial charge is 0.394 e. The van der Waals surface area contributed by atoms with Crippen LogP contribution in [0.25, 0.3) is 0 Å². The van der Waals surface area contributed by atoms with E-state index >= 15 is 0 Å². The van der Waals surface area contributed by atoms with Crippen LogP contribution in [0, 0.1) is 0 Å². The Balaban J connectivity index is 1.86. The molecule has 1 saturated heterocycles. The number of aliphatic hydroxyl groups is 1. The Morgan fingerprint density at radius 3 is 2.79 bits per heavy atom. The van der Waals surface area contributed by atoms with E-state index in [1.54, 1.807) is 0 Å². The Morgan fingerprint density at radius 1 is 1.37 bits per heavy atom. The lowest BCUT2D eigenvalue weighted by Crippen LogP contribution is -2.51. The second-order valence-electron chi connectivity index (χ2n) is 5.08. The maximum absolute atomic E-state index is 12.1. The minimum absolute atomic E-state index is 0.00896. The fourth-order valence-electron chi connectivity index (χ4n) is 2.44. The van der Waals surface area contributed by atoms with Gasteiger partial charge < -0.3 is 15.7 Å². The Bertz CT molecular complexity index is 388. The second kappa shape index (κ2) is 7.26. The van der Waals surface area contributed by atoms with E-state index in [1.807, 2.05) is 30.3 Å². The molecular formula is C15H22N2O2. The average molecular weight is 262 g/mol. The summed E-state index contributed by atoms with van der Waals surface area (Å²) in [6.45, 7) is 0.869. The van der Waals surface area contributed by atoms with E-state index in [1.165, 1.54) is 0 Å². The molecule has 4 heteroatoms. The number of nitrogens with one attached hydrogen (secondary N) is 2. The van der Waals surface area contributed by atoms with Crippen LogP contribution < -0.4 is 10.6 Å². The van der Waals surface area contributed by atoms with Gasteiger partial charge in [0.1, 0.15) is 0 Å². The van der Waals surface area contributed by atoms with Gasteiger partial charge in [0.15, 0.2) is 0 Å². The molecular weight excluding hydrogens is 240 g/mol. The van der Waals surface area contributed by atoms with Gasteiger partial charge in [0, 0.05) is 0 Å². The molecule has 0 spiro atoms. The van der Waals surface area contributed by atoms with Gasteiger partial charge in [-0.05, 0) is 31.4 Å². The molecule has 1 aromatic rings. The quantitative estimate of drug-likeness (QED) is 0.737. The molecule has 104 valence electrons. The highest BCUT2D eigenvalue weighted by Gasteiger charge is 2.22. The number of amides is 1. The zero-order valence-electron chi connectivity index (χ0n) is 11.1. The van der Waals surface area contributed by atoms with Gasteiger partial charge in [-0.2, -0.15) is 0 Å². The van der Waals surface area contributed by atoms with Crippen LogP contribution in [0.5, 0.6) is 0 Å². The Hall–Kier alpha value is -1.39. The molecule has 0 saturated carbocycles. The lowest BCUT2D eigenvalue weighted by molar-refractivity contribution is -0.124. The molecule has 1 amide bonds. The van der Waals surface area contributed by atoms with Crippen molar-refractivity contribution in [2.45, 2.75) is 37.8 Å². The molecule has 0 aliphatic carbocycles. The highest BCUT2D eigenvalue weighted by molar-refractivity contribution is 5.82. The first kappa shape index (κ1) is 14.0. The fourth-order valence-corrected chi connectivity index (χ4v) is 2.44. The van der Waals surface area contributed by atoms with E-state index in [-0.39, 0.29) is 24.6 Å². The summed E-state index contributed by atoms with van der Waals surface area (Å²) in [5.41, 5.74) is 1.12. The van der Waals surface area contributed by atoms with Crippen molar-refractivity contribution < 1.29 is 9.90 Å². The maximum atomic E-state index is 12.1. The molecule has 1 unspecified atom stereocenters. The molecule has 0 bridgehead atoms. The summed E-state index contributed by atoms with van der Waals surface area (Å²) in [6.07, 6.45) is 3.77. The van der Waals surface area contributed by atoms with Crippen molar-refractivity contribution in [2.75, 3.05) is 13.2 Å². The predicted octanol–water partition coefficient (Wildman–Crippen LogP) is 0.848. The van der Waals surface area contributed by atoms with Crippen molar-refractivity contribution in [3.8, 4) is 0 Å².